The Morgan fingerprint density at radius 2 is 2.00 bits per heavy atom. The van der Waals surface area contributed by atoms with Crippen LogP contribution in [-0.4, -0.2) is 42.0 Å². The molecular formula is C16H18N2O4. The molecule has 3 rings (SSSR count). The molecule has 0 unspecified atom stereocenters. The first kappa shape index (κ1) is 14.8. The molecule has 6 heteroatoms. The number of likely N-dealkylation sites (tertiary alicyclic amines) is 1. The van der Waals surface area contributed by atoms with Gasteiger partial charge in [-0.1, -0.05) is 12.1 Å². The van der Waals surface area contributed by atoms with Gasteiger partial charge in [0.2, 0.25) is 0 Å². The van der Waals surface area contributed by atoms with Gasteiger partial charge in [0.25, 0.3) is 5.91 Å². The second kappa shape index (κ2) is 5.27. The van der Waals surface area contributed by atoms with Gasteiger partial charge in [-0.3, -0.25) is 4.79 Å². The van der Waals surface area contributed by atoms with E-state index in [0.29, 0.717) is 6.54 Å². The lowest BCUT2D eigenvalue weighted by Gasteiger charge is -2.26. The fourth-order valence-electron chi connectivity index (χ4n) is 2.94. The lowest BCUT2D eigenvalue weighted by molar-refractivity contribution is -0.171. The van der Waals surface area contributed by atoms with Crippen LogP contribution in [0.2, 0.25) is 0 Å². The molecule has 0 bridgehead atoms. The van der Waals surface area contributed by atoms with E-state index >= 15 is 0 Å². The number of benzene rings is 1. The fraction of sp³-hybridized carbons (Fsp3) is 0.500. The topological polar surface area (TPSA) is 71.8 Å². The van der Waals surface area contributed by atoms with Gasteiger partial charge in [-0.2, -0.15) is 5.26 Å². The SMILES string of the molecule is COc1ccc(CN2C(=O)[C@H]3OC(C)(C)O[C@H]3[C@@H]2C#N)cc1. The van der Waals surface area contributed by atoms with Crippen LogP contribution in [0, 0.1) is 11.3 Å². The Bertz CT molecular complexity index is 620. The van der Waals surface area contributed by atoms with E-state index in [2.05, 4.69) is 6.07 Å². The summed E-state index contributed by atoms with van der Waals surface area (Å²) in [5, 5.41) is 9.43. The zero-order valence-corrected chi connectivity index (χ0v) is 12.8. The number of hydrogen-bond acceptors (Lipinski definition) is 5. The van der Waals surface area contributed by atoms with Crippen molar-refractivity contribution in [2.24, 2.45) is 0 Å². The summed E-state index contributed by atoms with van der Waals surface area (Å²) in [6.45, 7) is 3.85. The molecule has 1 aromatic carbocycles. The van der Waals surface area contributed by atoms with Crippen LogP contribution >= 0.6 is 0 Å². The molecule has 2 saturated heterocycles. The zero-order valence-electron chi connectivity index (χ0n) is 12.8. The van der Waals surface area contributed by atoms with E-state index in [0.717, 1.165) is 11.3 Å². The van der Waals surface area contributed by atoms with Gasteiger partial charge in [0.05, 0.1) is 13.2 Å². The Morgan fingerprint density at radius 3 is 2.59 bits per heavy atom. The van der Waals surface area contributed by atoms with E-state index in [1.54, 1.807) is 21.0 Å². The number of amides is 1. The van der Waals surface area contributed by atoms with Crippen LogP contribution in [0.4, 0.5) is 0 Å². The number of carbonyl (C=O) groups is 1. The zero-order chi connectivity index (χ0) is 15.9. The molecular weight excluding hydrogens is 284 g/mol. The third-order valence-electron chi connectivity index (χ3n) is 3.95. The lowest BCUT2D eigenvalue weighted by Crippen LogP contribution is -2.39. The Labute approximate surface area is 129 Å². The molecule has 116 valence electrons. The highest BCUT2D eigenvalue weighted by molar-refractivity contribution is 5.85. The molecule has 1 amide bonds. The molecule has 0 radical (unpaired) electrons. The highest BCUT2D eigenvalue weighted by Gasteiger charge is 2.57. The minimum atomic E-state index is -0.827. The van der Waals surface area contributed by atoms with Gasteiger partial charge < -0.3 is 19.1 Å². The van der Waals surface area contributed by atoms with Crippen LogP contribution < -0.4 is 4.74 Å². The normalized spacial score (nSPS) is 29.3. The predicted molar refractivity (Wildman–Crippen MR) is 76.8 cm³/mol. The van der Waals surface area contributed by atoms with E-state index < -0.39 is 24.0 Å². The largest absolute Gasteiger partial charge is 0.497 e. The summed E-state index contributed by atoms with van der Waals surface area (Å²) in [4.78, 5) is 14.0. The summed E-state index contributed by atoms with van der Waals surface area (Å²) < 4.78 is 16.5. The maximum absolute atomic E-state index is 12.5. The standard InChI is InChI=1S/C16H18N2O4/c1-16(2)21-13-12(8-17)18(15(19)14(13)22-16)9-10-4-6-11(20-3)7-5-10/h4-7,12-14H,9H2,1-3H3/t12-,13-,14-/m0/s1. The highest BCUT2D eigenvalue weighted by atomic mass is 16.8. The Morgan fingerprint density at radius 1 is 1.32 bits per heavy atom. The number of nitriles is 1. The van der Waals surface area contributed by atoms with Crippen molar-refractivity contribution in [3.63, 3.8) is 0 Å². The molecule has 2 heterocycles. The van der Waals surface area contributed by atoms with Gasteiger partial charge in [-0.15, -0.1) is 0 Å². The van der Waals surface area contributed by atoms with Crippen LogP contribution in [0.5, 0.6) is 5.75 Å². The summed E-state index contributed by atoms with van der Waals surface area (Å²) in [6.07, 6.45) is -1.23. The van der Waals surface area contributed by atoms with Crippen LogP contribution in [0.1, 0.15) is 19.4 Å². The molecule has 1 aromatic rings. The molecule has 2 aliphatic heterocycles. The quantitative estimate of drug-likeness (QED) is 0.845. The van der Waals surface area contributed by atoms with E-state index in [1.165, 1.54) is 4.90 Å². The van der Waals surface area contributed by atoms with Gasteiger partial charge in [0, 0.05) is 6.54 Å². The van der Waals surface area contributed by atoms with Crippen molar-refractivity contribution in [2.75, 3.05) is 7.11 Å². The number of carbonyl (C=O) groups excluding carboxylic acids is 1. The van der Waals surface area contributed by atoms with Crippen molar-refractivity contribution in [3.8, 4) is 11.8 Å². The van der Waals surface area contributed by atoms with Crippen molar-refractivity contribution in [3.05, 3.63) is 29.8 Å². The smallest absolute Gasteiger partial charge is 0.256 e. The fourth-order valence-corrected chi connectivity index (χ4v) is 2.94. The number of fused-ring (bicyclic) bond motifs is 1. The summed E-state index contributed by atoms with van der Waals surface area (Å²) >= 11 is 0. The third-order valence-corrected chi connectivity index (χ3v) is 3.95. The maximum Gasteiger partial charge on any atom is 0.256 e. The van der Waals surface area contributed by atoms with Crippen LogP contribution in [0.15, 0.2) is 24.3 Å². The molecule has 3 atom stereocenters. The number of rotatable bonds is 3. The van der Waals surface area contributed by atoms with E-state index in [-0.39, 0.29) is 5.91 Å². The molecule has 0 aliphatic carbocycles. The monoisotopic (exact) mass is 302 g/mol. The van der Waals surface area contributed by atoms with Crippen molar-refractivity contribution in [1.82, 2.24) is 4.90 Å². The van der Waals surface area contributed by atoms with Gasteiger partial charge in [0.1, 0.15) is 17.9 Å². The molecule has 6 nitrogen and oxygen atoms in total. The van der Waals surface area contributed by atoms with Gasteiger partial charge in [0.15, 0.2) is 11.9 Å². The van der Waals surface area contributed by atoms with Gasteiger partial charge in [-0.25, -0.2) is 0 Å². The molecule has 0 spiro atoms. The van der Waals surface area contributed by atoms with E-state index in [1.807, 2.05) is 24.3 Å². The lowest BCUT2D eigenvalue weighted by atomic mass is 10.1. The Kier molecular flexibility index (Phi) is 3.55. The predicted octanol–water partition coefficient (Wildman–Crippen LogP) is 1.45. The highest BCUT2D eigenvalue weighted by Crippen LogP contribution is 2.38. The Hall–Kier alpha value is -2.10. The molecule has 0 saturated carbocycles. The second-order valence-electron chi connectivity index (χ2n) is 5.91. The minimum absolute atomic E-state index is 0.196. The summed E-state index contributed by atoms with van der Waals surface area (Å²) in [6, 6.07) is 8.94. The molecule has 2 fully saturated rings. The molecule has 22 heavy (non-hydrogen) atoms. The van der Waals surface area contributed by atoms with Crippen molar-refractivity contribution < 1.29 is 19.0 Å². The number of ether oxygens (including phenoxy) is 3. The average Bonchev–Trinajstić information content (AvgIpc) is 2.93. The van der Waals surface area contributed by atoms with Crippen LogP contribution in [0.25, 0.3) is 0 Å². The van der Waals surface area contributed by atoms with Crippen LogP contribution in [0.3, 0.4) is 0 Å². The van der Waals surface area contributed by atoms with E-state index in [4.69, 9.17) is 14.2 Å². The number of nitrogens with zero attached hydrogens (tertiary/aromatic N) is 2. The van der Waals surface area contributed by atoms with Crippen molar-refractivity contribution in [2.45, 2.75) is 44.4 Å². The van der Waals surface area contributed by atoms with Crippen LogP contribution in [-0.2, 0) is 20.8 Å². The maximum atomic E-state index is 12.5. The summed E-state index contributed by atoms with van der Waals surface area (Å²) in [7, 11) is 1.60. The van der Waals surface area contributed by atoms with Crippen molar-refractivity contribution >= 4 is 5.91 Å². The number of hydrogen-bond donors (Lipinski definition) is 0. The average molecular weight is 302 g/mol. The summed E-state index contributed by atoms with van der Waals surface area (Å²) in [5.41, 5.74) is 0.925. The van der Waals surface area contributed by atoms with Gasteiger partial charge >= 0.3 is 0 Å². The molecule has 0 aromatic heterocycles. The first-order valence-electron chi connectivity index (χ1n) is 7.14. The second-order valence-corrected chi connectivity index (χ2v) is 5.91. The van der Waals surface area contributed by atoms with Gasteiger partial charge in [-0.05, 0) is 31.5 Å². The Balaban J connectivity index is 1.79. The molecule has 2 aliphatic rings. The molecule has 0 N–H and O–H groups in total. The first-order valence-corrected chi connectivity index (χ1v) is 7.14. The number of methoxy groups -OCH3 is 1. The first-order chi connectivity index (χ1) is 10.4. The minimum Gasteiger partial charge on any atom is -0.497 e. The van der Waals surface area contributed by atoms with Crippen molar-refractivity contribution in [1.29, 1.82) is 5.26 Å². The van der Waals surface area contributed by atoms with E-state index in [9.17, 15) is 10.1 Å². The summed E-state index contributed by atoms with van der Waals surface area (Å²) in [5.74, 6) is -0.275. The third kappa shape index (κ3) is 2.43.